The molecule has 0 fully saturated rings. The zero-order valence-corrected chi connectivity index (χ0v) is 10.4. The van der Waals surface area contributed by atoms with Crippen LogP contribution in [0.3, 0.4) is 0 Å². The first-order valence-corrected chi connectivity index (χ1v) is 5.73. The van der Waals surface area contributed by atoms with Crippen molar-refractivity contribution in [1.29, 1.82) is 0 Å². The van der Waals surface area contributed by atoms with Crippen molar-refractivity contribution in [3.63, 3.8) is 0 Å². The van der Waals surface area contributed by atoms with Crippen LogP contribution in [0.1, 0.15) is 30.5 Å². The topological polar surface area (TPSA) is 21.3 Å². The molecule has 0 saturated carbocycles. The van der Waals surface area contributed by atoms with Crippen molar-refractivity contribution in [2.75, 3.05) is 13.7 Å². The van der Waals surface area contributed by atoms with Gasteiger partial charge in [0.25, 0.3) is 0 Å². The molecule has 88 valence electrons. The number of hydrogen-bond acceptors (Lipinski definition) is 2. The molecule has 0 aliphatic heterocycles. The Morgan fingerprint density at radius 3 is 2.75 bits per heavy atom. The van der Waals surface area contributed by atoms with Crippen LogP contribution >= 0.6 is 0 Å². The number of rotatable bonds is 6. The average Bonchev–Trinajstić information content (AvgIpc) is 2.30. The lowest BCUT2D eigenvalue weighted by Gasteiger charge is -2.16. The maximum absolute atomic E-state index is 5.25. The van der Waals surface area contributed by atoms with Crippen LogP contribution in [-0.2, 0) is 0 Å². The summed E-state index contributed by atoms with van der Waals surface area (Å²) in [6.07, 6.45) is 3.07. The molecule has 1 rings (SSSR count). The molecular formula is C14H21NO. The third-order valence-electron chi connectivity index (χ3n) is 2.63. The highest BCUT2D eigenvalue weighted by Gasteiger charge is 2.07. The summed E-state index contributed by atoms with van der Waals surface area (Å²) in [6.45, 7) is 9.09. The largest absolute Gasteiger partial charge is 0.496 e. The van der Waals surface area contributed by atoms with Crippen LogP contribution in [0.5, 0.6) is 5.75 Å². The van der Waals surface area contributed by atoms with Crippen molar-refractivity contribution in [3.05, 3.63) is 42.0 Å². The fourth-order valence-electron chi connectivity index (χ4n) is 1.73. The molecule has 0 aliphatic carbocycles. The summed E-state index contributed by atoms with van der Waals surface area (Å²) < 4.78 is 5.25. The predicted molar refractivity (Wildman–Crippen MR) is 69.0 cm³/mol. The van der Waals surface area contributed by atoms with E-state index in [9.17, 15) is 0 Å². The number of methoxy groups -OCH3 is 1. The highest BCUT2D eigenvalue weighted by atomic mass is 16.5. The molecule has 0 aromatic heterocycles. The molecule has 0 bridgehead atoms. The van der Waals surface area contributed by atoms with E-state index in [1.807, 2.05) is 12.1 Å². The molecule has 0 saturated heterocycles. The minimum atomic E-state index is 0.226. The molecule has 1 aromatic rings. The maximum atomic E-state index is 5.25. The van der Waals surface area contributed by atoms with Crippen LogP contribution in [0.2, 0.25) is 0 Å². The van der Waals surface area contributed by atoms with Crippen molar-refractivity contribution in [2.24, 2.45) is 0 Å². The highest BCUT2D eigenvalue weighted by molar-refractivity contribution is 5.38. The van der Waals surface area contributed by atoms with Gasteiger partial charge in [-0.15, -0.1) is 6.58 Å². The Balaban J connectivity index is 2.85. The maximum Gasteiger partial charge on any atom is 0.121 e. The molecule has 0 radical (unpaired) electrons. The van der Waals surface area contributed by atoms with Crippen LogP contribution < -0.4 is 10.1 Å². The second kappa shape index (κ2) is 6.33. The third-order valence-corrected chi connectivity index (χ3v) is 2.63. The Morgan fingerprint density at radius 2 is 2.25 bits per heavy atom. The number of ether oxygens (including phenoxy) is 1. The summed E-state index contributed by atoms with van der Waals surface area (Å²) in [5.74, 6) is 0.932. The molecule has 1 unspecified atom stereocenters. The summed E-state index contributed by atoms with van der Waals surface area (Å²) in [4.78, 5) is 0. The van der Waals surface area contributed by atoms with Crippen LogP contribution in [0.25, 0.3) is 0 Å². The fraction of sp³-hybridized carbons (Fsp3) is 0.429. The molecule has 2 nitrogen and oxygen atoms in total. The van der Waals surface area contributed by atoms with E-state index in [1.54, 1.807) is 7.11 Å². The fourth-order valence-corrected chi connectivity index (χ4v) is 1.73. The molecule has 0 aliphatic rings. The van der Waals surface area contributed by atoms with E-state index in [1.165, 1.54) is 5.56 Å². The van der Waals surface area contributed by atoms with Crippen molar-refractivity contribution >= 4 is 0 Å². The lowest BCUT2D eigenvalue weighted by atomic mass is 10.0. The highest BCUT2D eigenvalue weighted by Crippen LogP contribution is 2.22. The summed E-state index contributed by atoms with van der Waals surface area (Å²) in [6, 6.07) is 6.47. The second-order valence-corrected chi connectivity index (χ2v) is 3.90. The lowest BCUT2D eigenvalue weighted by molar-refractivity contribution is 0.411. The van der Waals surface area contributed by atoms with Gasteiger partial charge in [0, 0.05) is 0 Å². The molecule has 1 aromatic carbocycles. The Hall–Kier alpha value is -1.28. The molecule has 0 heterocycles. The van der Waals surface area contributed by atoms with E-state index in [4.69, 9.17) is 4.74 Å². The SMILES string of the molecule is C=CC(NCCC)c1ccc(OC)c(C)c1. The quantitative estimate of drug-likeness (QED) is 0.742. The Kier molecular flexibility index (Phi) is 5.06. The van der Waals surface area contributed by atoms with Gasteiger partial charge in [0.05, 0.1) is 13.2 Å². The van der Waals surface area contributed by atoms with Crippen LogP contribution in [0.4, 0.5) is 0 Å². The average molecular weight is 219 g/mol. The minimum Gasteiger partial charge on any atom is -0.496 e. The lowest BCUT2D eigenvalue weighted by Crippen LogP contribution is -2.20. The van der Waals surface area contributed by atoms with Gasteiger partial charge in [0.2, 0.25) is 0 Å². The van der Waals surface area contributed by atoms with Crippen molar-refractivity contribution < 1.29 is 4.74 Å². The smallest absolute Gasteiger partial charge is 0.121 e. The molecule has 1 N–H and O–H groups in total. The summed E-state index contributed by atoms with van der Waals surface area (Å²) in [5, 5.41) is 3.44. The molecule has 0 amide bonds. The minimum absolute atomic E-state index is 0.226. The van der Waals surface area contributed by atoms with Crippen LogP contribution in [0, 0.1) is 6.92 Å². The Bertz CT molecular complexity index is 347. The zero-order valence-electron chi connectivity index (χ0n) is 10.4. The molecule has 2 heteroatoms. The van der Waals surface area contributed by atoms with Crippen molar-refractivity contribution in [1.82, 2.24) is 5.32 Å². The number of benzene rings is 1. The van der Waals surface area contributed by atoms with E-state index < -0.39 is 0 Å². The second-order valence-electron chi connectivity index (χ2n) is 3.90. The first-order chi connectivity index (χ1) is 7.72. The van der Waals surface area contributed by atoms with Gasteiger partial charge in [0.1, 0.15) is 5.75 Å². The van der Waals surface area contributed by atoms with Crippen molar-refractivity contribution in [2.45, 2.75) is 26.3 Å². The van der Waals surface area contributed by atoms with Crippen molar-refractivity contribution in [3.8, 4) is 5.75 Å². The zero-order chi connectivity index (χ0) is 12.0. The normalized spacial score (nSPS) is 12.2. The van der Waals surface area contributed by atoms with Gasteiger partial charge < -0.3 is 10.1 Å². The predicted octanol–water partition coefficient (Wildman–Crippen LogP) is 3.23. The number of hydrogen-bond donors (Lipinski definition) is 1. The molecule has 1 atom stereocenters. The van der Waals surface area contributed by atoms with E-state index in [0.29, 0.717) is 0 Å². The molecule has 0 spiro atoms. The first-order valence-electron chi connectivity index (χ1n) is 5.73. The van der Waals surface area contributed by atoms with Crippen LogP contribution in [-0.4, -0.2) is 13.7 Å². The van der Waals surface area contributed by atoms with Gasteiger partial charge in [-0.2, -0.15) is 0 Å². The van der Waals surface area contributed by atoms with E-state index in [-0.39, 0.29) is 6.04 Å². The molecule has 16 heavy (non-hydrogen) atoms. The number of nitrogens with one attached hydrogen (secondary N) is 1. The van der Waals surface area contributed by atoms with E-state index in [0.717, 1.165) is 24.3 Å². The number of aryl methyl sites for hydroxylation is 1. The third kappa shape index (κ3) is 3.11. The van der Waals surface area contributed by atoms with Gasteiger partial charge in [-0.25, -0.2) is 0 Å². The Labute approximate surface area is 98.3 Å². The van der Waals surface area contributed by atoms with Crippen LogP contribution in [0.15, 0.2) is 30.9 Å². The van der Waals surface area contributed by atoms with Gasteiger partial charge >= 0.3 is 0 Å². The molecular weight excluding hydrogens is 198 g/mol. The summed E-state index contributed by atoms with van der Waals surface area (Å²) >= 11 is 0. The standard InChI is InChI=1S/C14H21NO/c1-5-9-15-13(6-2)12-7-8-14(16-4)11(3)10-12/h6-8,10,13,15H,2,5,9H2,1,3-4H3. The Morgan fingerprint density at radius 1 is 1.50 bits per heavy atom. The first kappa shape index (κ1) is 12.8. The van der Waals surface area contributed by atoms with Gasteiger partial charge in [-0.05, 0) is 37.1 Å². The van der Waals surface area contributed by atoms with Gasteiger partial charge in [-0.1, -0.05) is 25.1 Å². The monoisotopic (exact) mass is 219 g/mol. The summed E-state index contributed by atoms with van der Waals surface area (Å²) in [7, 11) is 1.70. The van der Waals surface area contributed by atoms with Gasteiger partial charge in [-0.3, -0.25) is 0 Å². The van der Waals surface area contributed by atoms with E-state index >= 15 is 0 Å². The van der Waals surface area contributed by atoms with E-state index in [2.05, 4.69) is 37.9 Å². The summed E-state index contributed by atoms with van der Waals surface area (Å²) in [5.41, 5.74) is 2.40. The van der Waals surface area contributed by atoms with Gasteiger partial charge in [0.15, 0.2) is 0 Å².